The van der Waals surface area contributed by atoms with Crippen LogP contribution in [0.4, 0.5) is 0 Å². The zero-order valence-corrected chi connectivity index (χ0v) is 21.8. The van der Waals surface area contributed by atoms with Gasteiger partial charge in [0.15, 0.2) is 0 Å². The molecule has 0 fully saturated rings. The van der Waals surface area contributed by atoms with Gasteiger partial charge < -0.3 is 15.2 Å². The lowest BCUT2D eigenvalue weighted by Crippen LogP contribution is -2.45. The second-order valence-electron chi connectivity index (χ2n) is 9.95. The van der Waals surface area contributed by atoms with E-state index < -0.39 is 17.9 Å². The Morgan fingerprint density at radius 1 is 1.00 bits per heavy atom. The van der Waals surface area contributed by atoms with Gasteiger partial charge in [-0.25, -0.2) is 4.79 Å². The quantitative estimate of drug-likeness (QED) is 0.317. The van der Waals surface area contributed by atoms with Crippen LogP contribution in [0.2, 0.25) is 0 Å². The molecule has 0 spiro atoms. The lowest BCUT2D eigenvalue weighted by atomic mass is 9.87. The van der Waals surface area contributed by atoms with Crippen molar-refractivity contribution in [3.8, 4) is 11.1 Å². The fourth-order valence-corrected chi connectivity index (χ4v) is 4.94. The van der Waals surface area contributed by atoms with Crippen molar-refractivity contribution in [3.63, 3.8) is 0 Å². The SMILES string of the molecule is CC[C@H](C)[C@@H](NC(=O)[C@@H](C)CC(=O)OCC1c2ccccc2-c2ccccc21)[C@@H](C)/C=C(\C)C(=O)O. The van der Waals surface area contributed by atoms with Crippen molar-refractivity contribution in [2.75, 3.05) is 6.61 Å². The Labute approximate surface area is 213 Å². The summed E-state index contributed by atoms with van der Waals surface area (Å²) in [6.07, 6.45) is 2.49. The predicted molar refractivity (Wildman–Crippen MR) is 140 cm³/mol. The molecule has 2 aromatic carbocycles. The monoisotopic (exact) mass is 491 g/mol. The second kappa shape index (κ2) is 12.0. The number of nitrogens with one attached hydrogen (secondary N) is 1. The summed E-state index contributed by atoms with van der Waals surface area (Å²) >= 11 is 0. The minimum atomic E-state index is -0.972. The van der Waals surface area contributed by atoms with Crippen LogP contribution < -0.4 is 5.32 Å². The van der Waals surface area contributed by atoms with Crippen molar-refractivity contribution >= 4 is 17.8 Å². The standard InChI is InChI=1S/C30H37NO5/c1-6-18(2)28(19(3)15-21(5)30(34)35)31-29(33)20(4)16-27(32)36-17-26-24-13-9-7-11-22(24)23-12-8-10-14-25(23)26/h7-15,18-20,26,28H,6,16-17H2,1-5H3,(H,31,33)(H,34,35)/b21-15+/t18-,19-,20-,28+/m0/s1. The van der Waals surface area contributed by atoms with Crippen LogP contribution in [0.15, 0.2) is 60.2 Å². The van der Waals surface area contributed by atoms with Crippen molar-refractivity contribution in [1.82, 2.24) is 5.32 Å². The molecule has 3 rings (SSSR count). The number of carboxylic acids is 1. The van der Waals surface area contributed by atoms with E-state index in [-0.39, 0.29) is 48.3 Å². The molecule has 0 unspecified atom stereocenters. The maximum atomic E-state index is 13.0. The second-order valence-corrected chi connectivity index (χ2v) is 9.95. The highest BCUT2D eigenvalue weighted by molar-refractivity contribution is 5.86. The average molecular weight is 492 g/mol. The number of rotatable bonds is 11. The summed E-state index contributed by atoms with van der Waals surface area (Å²) in [6, 6.07) is 16.1. The first-order valence-corrected chi connectivity index (χ1v) is 12.7. The van der Waals surface area contributed by atoms with E-state index in [1.807, 2.05) is 45.0 Å². The average Bonchev–Trinajstić information content (AvgIpc) is 3.18. The molecular weight excluding hydrogens is 454 g/mol. The Morgan fingerprint density at radius 2 is 1.56 bits per heavy atom. The number of hydrogen-bond donors (Lipinski definition) is 2. The van der Waals surface area contributed by atoms with Crippen molar-refractivity contribution in [2.45, 2.75) is 59.4 Å². The van der Waals surface area contributed by atoms with Gasteiger partial charge in [0.1, 0.15) is 6.61 Å². The van der Waals surface area contributed by atoms with Gasteiger partial charge in [-0.2, -0.15) is 0 Å². The number of amides is 1. The maximum Gasteiger partial charge on any atom is 0.330 e. The molecule has 0 heterocycles. The lowest BCUT2D eigenvalue weighted by molar-refractivity contribution is -0.147. The predicted octanol–water partition coefficient (Wildman–Crippen LogP) is 5.57. The van der Waals surface area contributed by atoms with Crippen LogP contribution in [0.5, 0.6) is 0 Å². The molecule has 2 aromatic rings. The van der Waals surface area contributed by atoms with Crippen molar-refractivity contribution < 1.29 is 24.2 Å². The molecule has 6 heteroatoms. The van der Waals surface area contributed by atoms with Gasteiger partial charge in [-0.3, -0.25) is 9.59 Å². The number of esters is 1. The number of benzene rings is 2. The van der Waals surface area contributed by atoms with E-state index in [4.69, 9.17) is 4.74 Å². The van der Waals surface area contributed by atoms with Crippen LogP contribution in [0.3, 0.4) is 0 Å². The third-order valence-corrected chi connectivity index (χ3v) is 7.28. The van der Waals surface area contributed by atoms with Crippen molar-refractivity contribution in [2.24, 2.45) is 17.8 Å². The van der Waals surface area contributed by atoms with E-state index in [9.17, 15) is 19.5 Å². The molecule has 1 aliphatic rings. The summed E-state index contributed by atoms with van der Waals surface area (Å²) in [7, 11) is 0. The zero-order chi connectivity index (χ0) is 26.4. The fraction of sp³-hybridized carbons (Fsp3) is 0.433. The molecule has 4 atom stereocenters. The Kier molecular flexibility index (Phi) is 9.08. The minimum Gasteiger partial charge on any atom is -0.478 e. The van der Waals surface area contributed by atoms with Crippen LogP contribution in [0, 0.1) is 17.8 Å². The van der Waals surface area contributed by atoms with Gasteiger partial charge in [0.05, 0.1) is 6.42 Å². The van der Waals surface area contributed by atoms with Crippen molar-refractivity contribution in [1.29, 1.82) is 0 Å². The molecule has 2 N–H and O–H groups in total. The highest BCUT2D eigenvalue weighted by Gasteiger charge is 2.30. The Morgan fingerprint density at radius 3 is 2.08 bits per heavy atom. The van der Waals surface area contributed by atoms with E-state index >= 15 is 0 Å². The topological polar surface area (TPSA) is 92.7 Å². The van der Waals surface area contributed by atoms with Gasteiger partial charge in [-0.1, -0.05) is 88.7 Å². The fourth-order valence-electron chi connectivity index (χ4n) is 4.94. The molecule has 0 aromatic heterocycles. The molecule has 192 valence electrons. The first-order valence-electron chi connectivity index (χ1n) is 12.7. The highest BCUT2D eigenvalue weighted by atomic mass is 16.5. The van der Waals surface area contributed by atoms with E-state index in [1.165, 1.54) is 11.1 Å². The number of fused-ring (bicyclic) bond motifs is 3. The largest absolute Gasteiger partial charge is 0.478 e. The summed E-state index contributed by atoms with van der Waals surface area (Å²) in [6.45, 7) is 9.46. The normalized spacial score (nSPS) is 16.3. The van der Waals surface area contributed by atoms with E-state index in [0.29, 0.717) is 0 Å². The van der Waals surface area contributed by atoms with Crippen LogP contribution in [0.1, 0.15) is 64.5 Å². The van der Waals surface area contributed by atoms with Gasteiger partial charge in [0.25, 0.3) is 0 Å². The Bertz CT molecular complexity index is 1090. The first kappa shape index (κ1) is 27.2. The summed E-state index contributed by atoms with van der Waals surface area (Å²) in [4.78, 5) is 36.9. The molecule has 1 aliphatic carbocycles. The Hall–Kier alpha value is -3.41. The number of aliphatic carboxylic acids is 1. The molecule has 0 saturated heterocycles. The summed E-state index contributed by atoms with van der Waals surface area (Å²) in [5, 5.41) is 12.3. The minimum absolute atomic E-state index is 0.0204. The highest BCUT2D eigenvalue weighted by Crippen LogP contribution is 2.44. The number of carbonyl (C=O) groups excluding carboxylic acids is 2. The van der Waals surface area contributed by atoms with Gasteiger partial charge in [0, 0.05) is 23.5 Å². The smallest absolute Gasteiger partial charge is 0.330 e. The number of carbonyl (C=O) groups is 3. The summed E-state index contributed by atoms with van der Waals surface area (Å²) in [5.74, 6) is -2.23. The van der Waals surface area contributed by atoms with E-state index in [0.717, 1.165) is 17.5 Å². The van der Waals surface area contributed by atoms with Crippen LogP contribution in [-0.2, 0) is 19.1 Å². The van der Waals surface area contributed by atoms with Crippen LogP contribution in [0.25, 0.3) is 11.1 Å². The van der Waals surface area contributed by atoms with E-state index in [1.54, 1.807) is 19.9 Å². The van der Waals surface area contributed by atoms with Gasteiger partial charge >= 0.3 is 11.9 Å². The van der Waals surface area contributed by atoms with E-state index in [2.05, 4.69) is 29.6 Å². The zero-order valence-electron chi connectivity index (χ0n) is 21.8. The molecule has 1 amide bonds. The van der Waals surface area contributed by atoms with Gasteiger partial charge in [-0.15, -0.1) is 0 Å². The molecule has 6 nitrogen and oxygen atoms in total. The number of hydrogen-bond acceptors (Lipinski definition) is 4. The Balaban J connectivity index is 1.60. The van der Waals surface area contributed by atoms with Crippen molar-refractivity contribution in [3.05, 3.63) is 71.3 Å². The third-order valence-electron chi connectivity index (χ3n) is 7.28. The molecule has 0 bridgehead atoms. The molecule has 0 aliphatic heterocycles. The summed E-state index contributed by atoms with van der Waals surface area (Å²) < 4.78 is 5.67. The molecule has 0 saturated carbocycles. The number of ether oxygens (including phenoxy) is 1. The van der Waals surface area contributed by atoms with Gasteiger partial charge in [0.2, 0.25) is 5.91 Å². The third kappa shape index (κ3) is 6.23. The molecular formula is C30H37NO5. The maximum absolute atomic E-state index is 13.0. The summed E-state index contributed by atoms with van der Waals surface area (Å²) in [5.41, 5.74) is 4.87. The first-order chi connectivity index (χ1) is 17.1. The van der Waals surface area contributed by atoms with Crippen LogP contribution >= 0.6 is 0 Å². The lowest BCUT2D eigenvalue weighted by Gasteiger charge is -2.30. The molecule has 0 radical (unpaired) electrons. The van der Waals surface area contributed by atoms with Crippen LogP contribution in [-0.4, -0.2) is 35.6 Å². The molecule has 36 heavy (non-hydrogen) atoms. The van der Waals surface area contributed by atoms with Gasteiger partial charge in [-0.05, 0) is 41.0 Å². The number of carboxylic acid groups (broad SMARTS) is 1.